The van der Waals surface area contributed by atoms with Crippen LogP contribution in [0.15, 0.2) is 42.5 Å². The number of cyclic esters (lactones) is 1. The number of nitrogens with two attached hydrogens (primary N) is 1. The Balaban J connectivity index is 1.35. The van der Waals surface area contributed by atoms with E-state index in [0.717, 1.165) is 5.56 Å². The lowest BCUT2D eigenvalue weighted by Gasteiger charge is -2.39. The summed E-state index contributed by atoms with van der Waals surface area (Å²) in [4.78, 5) is 103. The van der Waals surface area contributed by atoms with Crippen molar-refractivity contribution < 1.29 is 42.7 Å². The summed E-state index contributed by atoms with van der Waals surface area (Å²) in [5.74, 6) is -5.15. The smallest absolute Gasteiger partial charge is 0.329 e. The first kappa shape index (κ1) is 43.2. The highest BCUT2D eigenvalue weighted by Gasteiger charge is 2.48. The van der Waals surface area contributed by atoms with E-state index in [-0.39, 0.29) is 56.8 Å². The molecule has 16 heteroatoms. The molecule has 59 heavy (non-hydrogen) atoms. The first-order valence-electron chi connectivity index (χ1n) is 20.6. The molecule has 4 saturated heterocycles. The summed E-state index contributed by atoms with van der Waals surface area (Å²) in [6, 6.07) is 4.29. The number of nitrogens with zero attached hydrogens (tertiary/aromatic N) is 3. The zero-order valence-electron chi connectivity index (χ0n) is 34.4. The first-order chi connectivity index (χ1) is 28.0. The average Bonchev–Trinajstić information content (AvgIpc) is 3.78. The molecular weight excluding hydrogens is 762 g/mol. The van der Waals surface area contributed by atoms with E-state index in [9.17, 15) is 38.0 Å². The van der Waals surface area contributed by atoms with Gasteiger partial charge in [-0.25, -0.2) is 9.18 Å². The molecule has 4 aliphatic rings. The minimum absolute atomic E-state index is 0.00591. The number of carbonyl (C=O) groups is 7. The normalized spacial score (nSPS) is 28.6. The molecule has 0 bridgehead atoms. The maximum absolute atomic E-state index is 14.8. The monoisotopic (exact) mass is 817 g/mol. The predicted octanol–water partition coefficient (Wildman–Crippen LogP) is 1.19. The summed E-state index contributed by atoms with van der Waals surface area (Å²) in [7, 11) is 0. The van der Waals surface area contributed by atoms with Gasteiger partial charge in [0.2, 0.25) is 35.4 Å². The molecule has 0 aliphatic carbocycles. The minimum Gasteiger partial charge on any atom is -0.458 e. The van der Waals surface area contributed by atoms with Crippen LogP contribution in [0, 0.1) is 25.6 Å². The SMILES string of the molecule is Cc1cccc(C[C@H](NC(=O)Cc2ccc(C)cc2F)C(=O)N[C@@H]2C(=O)N3C[C@@H](N)C[C@H]3C(=O)N3CCCC[C@H]3C(=O)N[C@@H](C)C(=O)N3C[C@H](C)C[C@H]3C(=O)O[C@H]2C)c1. The Bertz CT molecular complexity index is 1980. The van der Waals surface area contributed by atoms with Crippen molar-refractivity contribution in [2.24, 2.45) is 11.7 Å². The molecule has 0 radical (unpaired) electrons. The van der Waals surface area contributed by atoms with Gasteiger partial charge in [-0.05, 0) is 88.5 Å². The number of halogens is 1. The summed E-state index contributed by atoms with van der Waals surface area (Å²) in [5.41, 5.74) is 8.82. The van der Waals surface area contributed by atoms with E-state index in [2.05, 4.69) is 16.0 Å². The third kappa shape index (κ3) is 9.91. The Morgan fingerprint density at radius 2 is 1.61 bits per heavy atom. The van der Waals surface area contributed by atoms with Crippen LogP contribution >= 0.6 is 0 Å². The van der Waals surface area contributed by atoms with Gasteiger partial charge in [0.05, 0.1) is 6.42 Å². The molecule has 4 aliphatic heterocycles. The van der Waals surface area contributed by atoms with Gasteiger partial charge in [-0.1, -0.05) is 48.9 Å². The van der Waals surface area contributed by atoms with E-state index in [0.29, 0.717) is 30.4 Å². The first-order valence-corrected chi connectivity index (χ1v) is 20.6. The van der Waals surface area contributed by atoms with E-state index in [1.54, 1.807) is 25.1 Å². The molecule has 0 aromatic heterocycles. The second-order valence-corrected chi connectivity index (χ2v) is 16.8. The van der Waals surface area contributed by atoms with Gasteiger partial charge in [0.15, 0.2) is 0 Å². The summed E-state index contributed by atoms with van der Waals surface area (Å²) in [6.07, 6.45) is 0.289. The number of fused-ring (bicyclic) bond motifs is 3. The van der Waals surface area contributed by atoms with Crippen molar-refractivity contribution in [1.29, 1.82) is 0 Å². The van der Waals surface area contributed by atoms with Crippen LogP contribution in [0.4, 0.5) is 4.39 Å². The summed E-state index contributed by atoms with van der Waals surface area (Å²) in [5, 5.41) is 8.25. The Hall–Kier alpha value is -5.38. The minimum atomic E-state index is -1.58. The number of piperidine rings is 1. The highest BCUT2D eigenvalue weighted by molar-refractivity contribution is 5.98. The fourth-order valence-electron chi connectivity index (χ4n) is 8.78. The average molecular weight is 818 g/mol. The molecule has 6 amide bonds. The van der Waals surface area contributed by atoms with Crippen molar-refractivity contribution in [3.8, 4) is 0 Å². The molecule has 4 fully saturated rings. The second-order valence-electron chi connectivity index (χ2n) is 16.8. The van der Waals surface area contributed by atoms with Crippen molar-refractivity contribution in [3.63, 3.8) is 0 Å². The van der Waals surface area contributed by atoms with E-state index in [1.807, 2.05) is 26.0 Å². The number of aryl methyl sites for hydroxylation is 2. The molecule has 5 N–H and O–H groups in total. The molecule has 6 rings (SSSR count). The highest BCUT2D eigenvalue weighted by Crippen LogP contribution is 2.29. The number of hydrogen-bond acceptors (Lipinski definition) is 9. The van der Waals surface area contributed by atoms with Crippen LogP contribution in [-0.4, -0.2) is 124 Å². The number of esters is 1. The zero-order chi connectivity index (χ0) is 42.7. The molecule has 2 aromatic carbocycles. The van der Waals surface area contributed by atoms with Gasteiger partial charge >= 0.3 is 5.97 Å². The lowest BCUT2D eigenvalue weighted by Crippen LogP contribution is -2.63. The largest absolute Gasteiger partial charge is 0.458 e. The number of ether oxygens (including phenoxy) is 1. The van der Waals surface area contributed by atoms with Crippen LogP contribution in [-0.2, 0) is 51.1 Å². The number of carbonyl (C=O) groups excluding carboxylic acids is 7. The highest BCUT2D eigenvalue weighted by atomic mass is 19.1. The Morgan fingerprint density at radius 1 is 0.881 bits per heavy atom. The lowest BCUT2D eigenvalue weighted by atomic mass is 9.98. The second kappa shape index (κ2) is 18.3. The quantitative estimate of drug-likeness (QED) is 0.297. The molecule has 0 spiro atoms. The van der Waals surface area contributed by atoms with Crippen LogP contribution in [0.2, 0.25) is 0 Å². The molecule has 318 valence electrons. The number of amides is 6. The number of hydrogen-bond donors (Lipinski definition) is 4. The molecule has 0 unspecified atom stereocenters. The number of benzene rings is 2. The Labute approximate surface area is 343 Å². The van der Waals surface area contributed by atoms with Crippen LogP contribution in [0.1, 0.15) is 75.1 Å². The van der Waals surface area contributed by atoms with Gasteiger partial charge in [-0.15, -0.1) is 0 Å². The number of nitrogens with one attached hydrogen (secondary N) is 3. The molecule has 15 nitrogen and oxygen atoms in total. The van der Waals surface area contributed by atoms with Crippen LogP contribution in [0.5, 0.6) is 0 Å². The summed E-state index contributed by atoms with van der Waals surface area (Å²) in [6.45, 7) is 8.88. The fraction of sp³-hybridized carbons (Fsp3) is 0.558. The zero-order valence-corrected chi connectivity index (χ0v) is 34.4. The van der Waals surface area contributed by atoms with Crippen molar-refractivity contribution in [2.75, 3.05) is 19.6 Å². The van der Waals surface area contributed by atoms with Crippen LogP contribution in [0.3, 0.4) is 0 Å². The number of rotatable bonds is 7. The third-order valence-corrected chi connectivity index (χ3v) is 11.9. The molecular formula is C43H56FN7O8. The van der Waals surface area contributed by atoms with Crippen molar-refractivity contribution in [2.45, 2.75) is 128 Å². The van der Waals surface area contributed by atoms with Gasteiger partial charge in [-0.2, -0.15) is 0 Å². The lowest BCUT2D eigenvalue weighted by molar-refractivity contribution is -0.163. The standard InChI is InChI=1S/C43H56FN7O8/c1-23-9-8-10-28(15-23)18-32(47-36(52)19-29-13-12-24(2)16-31(29)44)38(53)48-37-27(5)59-43(58)35-17-25(3)21-50(35)40(55)26(4)46-39(54)33-11-6-7-14-49(33)41(56)34-20-30(45)22-51(34)42(37)57/h8-10,12-13,15-16,25-27,30,32-35,37H,6-7,11,14,17-22,45H2,1-5H3,(H,46,54)(H,47,52)(H,48,53)/t25-,26+,27+,30+,32+,33+,34+,35+,37+/m1/s1. The molecule has 2 aromatic rings. The van der Waals surface area contributed by atoms with Gasteiger partial charge in [0, 0.05) is 32.1 Å². The summed E-state index contributed by atoms with van der Waals surface area (Å²) < 4.78 is 20.7. The van der Waals surface area contributed by atoms with Crippen molar-refractivity contribution >= 4 is 41.4 Å². The molecule has 4 heterocycles. The van der Waals surface area contributed by atoms with Crippen LogP contribution in [0.25, 0.3) is 0 Å². The topological polar surface area (TPSA) is 201 Å². The third-order valence-electron chi connectivity index (χ3n) is 11.9. The maximum atomic E-state index is 14.8. The molecule has 0 saturated carbocycles. The van der Waals surface area contributed by atoms with E-state index in [1.165, 1.54) is 40.7 Å². The summed E-state index contributed by atoms with van der Waals surface area (Å²) >= 11 is 0. The fourth-order valence-corrected chi connectivity index (χ4v) is 8.78. The van der Waals surface area contributed by atoms with Crippen molar-refractivity contribution in [1.82, 2.24) is 30.7 Å². The molecule has 9 atom stereocenters. The van der Waals surface area contributed by atoms with E-state index >= 15 is 0 Å². The van der Waals surface area contributed by atoms with Gasteiger partial charge < -0.3 is 41.1 Å². The Kier molecular flexibility index (Phi) is 13.4. The van der Waals surface area contributed by atoms with Gasteiger partial charge in [0.25, 0.3) is 0 Å². The predicted molar refractivity (Wildman–Crippen MR) is 213 cm³/mol. The Morgan fingerprint density at radius 3 is 2.34 bits per heavy atom. The van der Waals surface area contributed by atoms with E-state index < -0.39 is 95.6 Å². The van der Waals surface area contributed by atoms with E-state index in [4.69, 9.17) is 10.5 Å². The van der Waals surface area contributed by atoms with Gasteiger partial charge in [-0.3, -0.25) is 28.8 Å². The van der Waals surface area contributed by atoms with Gasteiger partial charge in [0.1, 0.15) is 48.2 Å². The van der Waals surface area contributed by atoms with Crippen LogP contribution < -0.4 is 21.7 Å². The van der Waals surface area contributed by atoms with Crippen molar-refractivity contribution in [3.05, 3.63) is 70.5 Å². The maximum Gasteiger partial charge on any atom is 0.329 e.